The molecule has 2 N–H and O–H groups in total. The van der Waals surface area contributed by atoms with E-state index in [2.05, 4.69) is 10.6 Å². The Morgan fingerprint density at radius 3 is 2.29 bits per heavy atom. The minimum Gasteiger partial charge on any atom is -0.461 e. The molecule has 0 unspecified atom stereocenters. The van der Waals surface area contributed by atoms with Crippen molar-refractivity contribution in [2.45, 2.75) is 13.0 Å². The smallest absolute Gasteiger partial charge is 0.307 e. The second kappa shape index (κ2) is 11.2. The van der Waals surface area contributed by atoms with Crippen molar-refractivity contribution in [3.8, 4) is 0 Å². The summed E-state index contributed by atoms with van der Waals surface area (Å²) in [6.45, 7) is 0.237. The van der Waals surface area contributed by atoms with Crippen molar-refractivity contribution >= 4 is 23.9 Å². The maximum absolute atomic E-state index is 12.6. The summed E-state index contributed by atoms with van der Waals surface area (Å²) in [6.07, 6.45) is 2.92. The first kappa shape index (κ1) is 21.6. The standard InChI is InChI=1S/C24H22N2O5/c27-22(31-17-19-10-5-2-6-11-19)13-14-25-23(28)20(16-18-8-3-1-4-9-18)26-24(29)21-12-7-15-30-21/h1-12,15-16H,13-14,17H2,(H,25,28)(H,26,29)/b20-16+. The molecule has 3 aromatic rings. The number of benzene rings is 2. The number of rotatable bonds is 9. The van der Waals surface area contributed by atoms with Gasteiger partial charge in [0, 0.05) is 6.54 Å². The van der Waals surface area contributed by atoms with E-state index in [0.29, 0.717) is 0 Å². The monoisotopic (exact) mass is 418 g/mol. The molecule has 0 atom stereocenters. The van der Waals surface area contributed by atoms with Gasteiger partial charge in [-0.05, 0) is 29.3 Å². The van der Waals surface area contributed by atoms with E-state index < -0.39 is 17.8 Å². The Bertz CT molecular complexity index is 1030. The summed E-state index contributed by atoms with van der Waals surface area (Å²) in [6, 6.07) is 21.5. The number of hydrogen-bond acceptors (Lipinski definition) is 5. The van der Waals surface area contributed by atoms with E-state index in [1.807, 2.05) is 48.5 Å². The van der Waals surface area contributed by atoms with Gasteiger partial charge in [-0.25, -0.2) is 0 Å². The van der Waals surface area contributed by atoms with Crippen LogP contribution in [-0.2, 0) is 20.9 Å². The first-order chi connectivity index (χ1) is 15.1. The van der Waals surface area contributed by atoms with Crippen LogP contribution in [0.15, 0.2) is 89.2 Å². The van der Waals surface area contributed by atoms with Crippen molar-refractivity contribution in [1.82, 2.24) is 10.6 Å². The maximum atomic E-state index is 12.6. The molecule has 2 amide bonds. The lowest BCUT2D eigenvalue weighted by molar-refractivity contribution is -0.144. The fraction of sp³-hybridized carbons (Fsp3) is 0.125. The van der Waals surface area contributed by atoms with E-state index in [9.17, 15) is 14.4 Å². The SMILES string of the molecule is O=C(CCNC(=O)/C(=C\c1ccccc1)NC(=O)c1ccco1)OCc1ccccc1. The molecule has 0 radical (unpaired) electrons. The van der Waals surface area contributed by atoms with Gasteiger partial charge in [-0.3, -0.25) is 14.4 Å². The molecule has 0 bridgehead atoms. The van der Waals surface area contributed by atoms with Crippen molar-refractivity contribution in [1.29, 1.82) is 0 Å². The number of carbonyl (C=O) groups excluding carboxylic acids is 3. The van der Waals surface area contributed by atoms with Crippen LogP contribution in [0.1, 0.15) is 28.1 Å². The lowest BCUT2D eigenvalue weighted by atomic mass is 10.2. The predicted octanol–water partition coefficient (Wildman–Crippen LogP) is 3.30. The summed E-state index contributed by atoms with van der Waals surface area (Å²) >= 11 is 0. The zero-order valence-corrected chi connectivity index (χ0v) is 16.7. The van der Waals surface area contributed by atoms with Gasteiger partial charge in [-0.2, -0.15) is 0 Å². The summed E-state index contributed by atoms with van der Waals surface area (Å²) in [7, 11) is 0. The van der Waals surface area contributed by atoms with Crippen LogP contribution < -0.4 is 10.6 Å². The van der Waals surface area contributed by atoms with Gasteiger partial charge in [0.2, 0.25) is 0 Å². The summed E-state index contributed by atoms with van der Waals surface area (Å²) in [5.41, 5.74) is 1.65. The van der Waals surface area contributed by atoms with E-state index in [4.69, 9.17) is 9.15 Å². The van der Waals surface area contributed by atoms with E-state index in [1.165, 1.54) is 12.3 Å². The average Bonchev–Trinajstić information content (AvgIpc) is 3.34. The molecular weight excluding hydrogens is 396 g/mol. The van der Waals surface area contributed by atoms with Gasteiger partial charge in [0.1, 0.15) is 12.3 Å². The predicted molar refractivity (Wildman–Crippen MR) is 114 cm³/mol. The Labute approximate surface area is 179 Å². The number of hydrogen-bond donors (Lipinski definition) is 2. The zero-order valence-electron chi connectivity index (χ0n) is 16.7. The fourth-order valence-corrected chi connectivity index (χ4v) is 2.65. The molecule has 7 nitrogen and oxygen atoms in total. The number of nitrogens with one attached hydrogen (secondary N) is 2. The Morgan fingerprint density at radius 2 is 1.61 bits per heavy atom. The largest absolute Gasteiger partial charge is 0.461 e. The molecule has 0 aliphatic rings. The lowest BCUT2D eigenvalue weighted by Crippen LogP contribution is -2.35. The van der Waals surface area contributed by atoms with Crippen LogP contribution in [0.3, 0.4) is 0 Å². The molecule has 0 fully saturated rings. The normalized spacial score (nSPS) is 10.9. The highest BCUT2D eigenvalue weighted by atomic mass is 16.5. The minimum absolute atomic E-state index is 0.00329. The Morgan fingerprint density at radius 1 is 0.903 bits per heavy atom. The second-order valence-corrected chi connectivity index (χ2v) is 6.55. The van der Waals surface area contributed by atoms with Crippen molar-refractivity contribution in [3.63, 3.8) is 0 Å². The third kappa shape index (κ3) is 7.01. The van der Waals surface area contributed by atoms with Crippen molar-refractivity contribution in [2.75, 3.05) is 6.54 Å². The number of esters is 1. The van der Waals surface area contributed by atoms with Crippen LogP contribution in [0.4, 0.5) is 0 Å². The third-order valence-electron chi connectivity index (χ3n) is 4.21. The fourth-order valence-electron chi connectivity index (χ4n) is 2.65. The van der Waals surface area contributed by atoms with Crippen LogP contribution in [-0.4, -0.2) is 24.3 Å². The van der Waals surface area contributed by atoms with Crippen molar-refractivity contribution < 1.29 is 23.5 Å². The van der Waals surface area contributed by atoms with Gasteiger partial charge >= 0.3 is 5.97 Å². The molecule has 2 aromatic carbocycles. The second-order valence-electron chi connectivity index (χ2n) is 6.55. The van der Waals surface area contributed by atoms with Crippen LogP contribution in [0.25, 0.3) is 6.08 Å². The zero-order chi connectivity index (χ0) is 21.9. The molecule has 0 aliphatic heterocycles. The lowest BCUT2D eigenvalue weighted by Gasteiger charge is -2.10. The number of furan rings is 1. The average molecular weight is 418 g/mol. The highest BCUT2D eigenvalue weighted by Crippen LogP contribution is 2.08. The molecule has 0 spiro atoms. The van der Waals surface area contributed by atoms with Gasteiger partial charge in [-0.1, -0.05) is 60.7 Å². The Kier molecular flexibility index (Phi) is 7.77. The molecule has 31 heavy (non-hydrogen) atoms. The third-order valence-corrected chi connectivity index (χ3v) is 4.21. The molecule has 0 aliphatic carbocycles. The van der Waals surface area contributed by atoms with Gasteiger partial charge < -0.3 is 19.8 Å². The molecule has 7 heteroatoms. The van der Waals surface area contributed by atoms with Crippen LogP contribution >= 0.6 is 0 Å². The van der Waals surface area contributed by atoms with Gasteiger partial charge in [0.15, 0.2) is 5.76 Å². The first-order valence-electron chi connectivity index (χ1n) is 9.71. The summed E-state index contributed by atoms with van der Waals surface area (Å²) < 4.78 is 10.3. The summed E-state index contributed by atoms with van der Waals surface area (Å²) in [5.74, 6) is -1.43. The van der Waals surface area contributed by atoms with E-state index in [-0.39, 0.29) is 31.0 Å². The minimum atomic E-state index is -0.551. The molecule has 1 heterocycles. The number of carbonyl (C=O) groups is 3. The summed E-state index contributed by atoms with van der Waals surface area (Å²) in [5, 5.41) is 5.18. The van der Waals surface area contributed by atoms with Crippen LogP contribution in [0.5, 0.6) is 0 Å². The number of amides is 2. The van der Waals surface area contributed by atoms with Gasteiger partial charge in [0.05, 0.1) is 12.7 Å². The van der Waals surface area contributed by atoms with Gasteiger partial charge in [0.25, 0.3) is 11.8 Å². The number of ether oxygens (including phenoxy) is 1. The van der Waals surface area contributed by atoms with Gasteiger partial charge in [-0.15, -0.1) is 0 Å². The van der Waals surface area contributed by atoms with Crippen molar-refractivity contribution in [2.24, 2.45) is 0 Å². The molecule has 0 saturated heterocycles. The van der Waals surface area contributed by atoms with E-state index in [1.54, 1.807) is 24.3 Å². The topological polar surface area (TPSA) is 97.6 Å². The van der Waals surface area contributed by atoms with Crippen LogP contribution in [0, 0.1) is 0 Å². The Balaban J connectivity index is 1.56. The summed E-state index contributed by atoms with van der Waals surface area (Å²) in [4.78, 5) is 36.9. The molecule has 1 aromatic heterocycles. The Hall–Kier alpha value is -4.13. The highest BCUT2D eigenvalue weighted by molar-refractivity contribution is 6.04. The first-order valence-corrected chi connectivity index (χ1v) is 9.71. The van der Waals surface area contributed by atoms with E-state index in [0.717, 1.165) is 11.1 Å². The van der Waals surface area contributed by atoms with Crippen molar-refractivity contribution in [3.05, 3.63) is 102 Å². The molecular formula is C24H22N2O5. The van der Waals surface area contributed by atoms with Crippen LogP contribution in [0.2, 0.25) is 0 Å². The highest BCUT2D eigenvalue weighted by Gasteiger charge is 2.16. The van der Waals surface area contributed by atoms with E-state index >= 15 is 0 Å². The molecule has 158 valence electrons. The molecule has 3 rings (SSSR count). The maximum Gasteiger partial charge on any atom is 0.307 e. The molecule has 0 saturated carbocycles. The quantitative estimate of drug-likeness (QED) is 0.410.